The Balaban J connectivity index is 1.68. The topological polar surface area (TPSA) is 165 Å². The molecule has 9 nitrogen and oxygen atoms in total. The molecule has 0 aromatic carbocycles. The van der Waals surface area contributed by atoms with Gasteiger partial charge in [0.1, 0.15) is 11.7 Å². The number of aliphatic hydroxyl groups excluding tert-OH is 3. The minimum absolute atomic E-state index is 0.0982. The third-order valence-corrected chi connectivity index (χ3v) is 11.1. The second-order valence-electron chi connectivity index (χ2n) is 13.6. The Morgan fingerprint density at radius 1 is 1.13 bits per heavy atom. The molecule has 38 heavy (non-hydrogen) atoms. The van der Waals surface area contributed by atoms with Gasteiger partial charge in [-0.2, -0.15) is 0 Å². The maximum Gasteiger partial charge on any atom is 0.303 e. The van der Waals surface area contributed by atoms with Crippen LogP contribution in [0, 0.1) is 28.6 Å². The lowest BCUT2D eigenvalue weighted by molar-refractivity contribution is -0.193. The van der Waals surface area contributed by atoms with Gasteiger partial charge in [0.05, 0.1) is 30.0 Å². The quantitative estimate of drug-likeness (QED) is 0.263. The van der Waals surface area contributed by atoms with Gasteiger partial charge < -0.3 is 35.4 Å². The van der Waals surface area contributed by atoms with Gasteiger partial charge in [0.25, 0.3) is 0 Å². The molecule has 1 unspecified atom stereocenters. The fourth-order valence-electron chi connectivity index (χ4n) is 8.72. The summed E-state index contributed by atoms with van der Waals surface area (Å²) in [6.45, 7) is 7.79. The van der Waals surface area contributed by atoms with E-state index in [-0.39, 0.29) is 37.4 Å². The molecular weight excluding hydrogens is 492 g/mol. The summed E-state index contributed by atoms with van der Waals surface area (Å²) in [5, 5.41) is 65.0. The Morgan fingerprint density at radius 3 is 2.39 bits per heavy atom. The number of esters is 1. The molecule has 4 aliphatic carbocycles. The van der Waals surface area contributed by atoms with Gasteiger partial charge in [-0.15, -0.1) is 0 Å². The molecule has 4 aliphatic rings. The number of aliphatic hydroxyl groups is 6. The van der Waals surface area contributed by atoms with Crippen molar-refractivity contribution in [3.05, 3.63) is 11.6 Å². The van der Waals surface area contributed by atoms with Gasteiger partial charge in [-0.3, -0.25) is 9.59 Å². The molecule has 0 radical (unpaired) electrons. The first-order chi connectivity index (χ1) is 17.4. The lowest BCUT2D eigenvalue weighted by Gasteiger charge is -2.60. The Bertz CT molecular complexity index is 989. The van der Waals surface area contributed by atoms with E-state index in [1.807, 2.05) is 13.8 Å². The zero-order chi connectivity index (χ0) is 28.5. The van der Waals surface area contributed by atoms with E-state index in [4.69, 9.17) is 4.74 Å². The smallest absolute Gasteiger partial charge is 0.303 e. The highest BCUT2D eigenvalue weighted by molar-refractivity contribution is 5.95. The fourth-order valence-corrected chi connectivity index (χ4v) is 8.72. The van der Waals surface area contributed by atoms with Gasteiger partial charge >= 0.3 is 5.97 Å². The van der Waals surface area contributed by atoms with Crippen LogP contribution >= 0.6 is 0 Å². The molecule has 3 saturated carbocycles. The molecule has 6 N–H and O–H groups in total. The molecule has 4 rings (SSSR count). The van der Waals surface area contributed by atoms with E-state index < -0.39 is 70.4 Å². The molecule has 0 aliphatic heterocycles. The molecule has 11 atom stereocenters. The Hall–Kier alpha value is -1.36. The minimum Gasteiger partial charge on any atom is -0.459 e. The van der Waals surface area contributed by atoms with E-state index in [1.165, 1.54) is 13.8 Å². The second-order valence-corrected chi connectivity index (χ2v) is 13.6. The largest absolute Gasteiger partial charge is 0.459 e. The number of fused-ring (bicyclic) bond motifs is 5. The van der Waals surface area contributed by atoms with Crippen molar-refractivity contribution < 1.29 is 45.0 Å². The van der Waals surface area contributed by atoms with Crippen molar-refractivity contribution in [1.29, 1.82) is 0 Å². The molecule has 9 heteroatoms. The lowest BCUT2D eigenvalue weighted by atomic mass is 9.45. The van der Waals surface area contributed by atoms with Crippen LogP contribution in [0.2, 0.25) is 0 Å². The van der Waals surface area contributed by atoms with Crippen LogP contribution in [0.3, 0.4) is 0 Å². The first kappa shape index (κ1) is 29.6. The highest BCUT2D eigenvalue weighted by Crippen LogP contribution is 2.68. The second kappa shape index (κ2) is 9.63. The summed E-state index contributed by atoms with van der Waals surface area (Å²) in [5.74, 6) is -1.75. The third-order valence-electron chi connectivity index (χ3n) is 11.1. The highest BCUT2D eigenvalue weighted by Gasteiger charge is 2.69. The third kappa shape index (κ3) is 4.47. The molecule has 0 aromatic rings. The van der Waals surface area contributed by atoms with Crippen molar-refractivity contribution in [3.8, 4) is 0 Å². The number of allylic oxidation sites excluding steroid dienone is 1. The van der Waals surface area contributed by atoms with Gasteiger partial charge in [-0.1, -0.05) is 13.8 Å². The maximum absolute atomic E-state index is 13.4. The van der Waals surface area contributed by atoms with Crippen molar-refractivity contribution in [2.45, 2.75) is 121 Å². The van der Waals surface area contributed by atoms with Crippen LogP contribution in [0.4, 0.5) is 0 Å². The Morgan fingerprint density at radius 2 is 1.79 bits per heavy atom. The van der Waals surface area contributed by atoms with Crippen molar-refractivity contribution >= 4 is 11.8 Å². The normalized spacial score (nSPS) is 44.6. The number of ether oxygens (including phenoxy) is 1. The average molecular weight is 539 g/mol. The standard InChI is InChI=1S/C29H46O9/c1-16(31)38-24(8-9-25(2,35)15-30)28(5,36)23-7-11-29(37)18-12-20(32)19-13-21(33)22(34)14-26(19,3)17(18)6-10-27(23,29)4/h12,17,19,21-24,30,33-37H,6-11,13-15H2,1-5H3/t17-,19-,21+,22-,23-,24+,25?,26+,27+,28+,29+/m0/s1. The van der Waals surface area contributed by atoms with Crippen LogP contribution in [-0.2, 0) is 14.3 Å². The molecule has 0 heterocycles. The highest BCUT2D eigenvalue weighted by atomic mass is 16.6. The van der Waals surface area contributed by atoms with Gasteiger partial charge in [-0.25, -0.2) is 0 Å². The zero-order valence-electron chi connectivity index (χ0n) is 23.3. The van der Waals surface area contributed by atoms with Crippen LogP contribution in [-0.4, -0.2) is 84.1 Å². The van der Waals surface area contributed by atoms with Gasteiger partial charge in [0, 0.05) is 18.3 Å². The maximum atomic E-state index is 13.4. The lowest BCUT2D eigenvalue weighted by Crippen LogP contribution is -2.63. The molecular formula is C29H46O9. The molecule has 0 saturated heterocycles. The molecule has 0 bridgehead atoms. The van der Waals surface area contributed by atoms with E-state index in [0.29, 0.717) is 31.3 Å². The van der Waals surface area contributed by atoms with Gasteiger partial charge in [0.2, 0.25) is 0 Å². The minimum atomic E-state index is -1.56. The van der Waals surface area contributed by atoms with E-state index in [2.05, 4.69) is 0 Å². The van der Waals surface area contributed by atoms with E-state index in [0.717, 1.165) is 0 Å². The predicted molar refractivity (Wildman–Crippen MR) is 138 cm³/mol. The fraction of sp³-hybridized carbons (Fsp3) is 0.862. The Labute approximate surface area is 224 Å². The predicted octanol–water partition coefficient (Wildman–Crippen LogP) is 1.40. The summed E-state index contributed by atoms with van der Waals surface area (Å²) < 4.78 is 5.57. The van der Waals surface area contributed by atoms with Crippen molar-refractivity contribution in [1.82, 2.24) is 0 Å². The van der Waals surface area contributed by atoms with E-state index in [1.54, 1.807) is 13.0 Å². The molecule has 216 valence electrons. The number of hydrogen-bond acceptors (Lipinski definition) is 9. The Kier molecular flexibility index (Phi) is 7.51. The van der Waals surface area contributed by atoms with Crippen LogP contribution in [0.1, 0.15) is 86.0 Å². The van der Waals surface area contributed by atoms with Crippen LogP contribution in [0.25, 0.3) is 0 Å². The summed E-state index contributed by atoms with van der Waals surface area (Å²) in [7, 11) is 0. The van der Waals surface area contributed by atoms with Gasteiger partial charge in [-0.05, 0) is 94.1 Å². The van der Waals surface area contributed by atoms with E-state index in [9.17, 15) is 40.2 Å². The zero-order valence-corrected chi connectivity index (χ0v) is 23.3. The number of rotatable bonds is 7. The number of hydrogen-bond donors (Lipinski definition) is 6. The summed E-state index contributed by atoms with van der Waals surface area (Å²) in [6, 6.07) is 0. The molecule has 0 spiro atoms. The van der Waals surface area contributed by atoms with E-state index >= 15 is 0 Å². The summed E-state index contributed by atoms with van der Waals surface area (Å²) in [4.78, 5) is 25.4. The van der Waals surface area contributed by atoms with Crippen molar-refractivity contribution in [2.24, 2.45) is 28.6 Å². The average Bonchev–Trinajstić information content (AvgIpc) is 3.10. The van der Waals surface area contributed by atoms with Crippen molar-refractivity contribution in [2.75, 3.05) is 6.61 Å². The molecule has 3 fully saturated rings. The molecule has 0 aromatic heterocycles. The van der Waals surface area contributed by atoms with Crippen LogP contribution in [0.5, 0.6) is 0 Å². The SMILES string of the molecule is CC(=O)O[C@H](CCC(C)(O)CO)[C@](C)(O)[C@H]1CC[C@@]2(O)C3=CC(=O)[C@@H]4C[C@@H](O)[C@@H](O)C[C@]4(C)[C@H]3CC[C@]12C. The van der Waals surface area contributed by atoms with Gasteiger partial charge in [0.15, 0.2) is 5.78 Å². The number of ketones is 1. The monoisotopic (exact) mass is 538 g/mol. The summed E-state index contributed by atoms with van der Waals surface area (Å²) in [6.07, 6.45) is 1.39. The number of carbonyl (C=O) groups excluding carboxylic acids is 2. The van der Waals surface area contributed by atoms with Crippen LogP contribution < -0.4 is 0 Å². The van der Waals surface area contributed by atoms with Crippen molar-refractivity contribution in [3.63, 3.8) is 0 Å². The summed E-state index contributed by atoms with van der Waals surface area (Å²) >= 11 is 0. The first-order valence-corrected chi connectivity index (χ1v) is 14.0. The number of carbonyl (C=O) groups is 2. The molecule has 0 amide bonds. The summed E-state index contributed by atoms with van der Waals surface area (Å²) in [5.41, 5.74) is -5.08. The van der Waals surface area contributed by atoms with Crippen LogP contribution in [0.15, 0.2) is 11.6 Å². The first-order valence-electron chi connectivity index (χ1n) is 14.0.